The minimum Gasteiger partial charge on any atom is -0.490 e. The highest BCUT2D eigenvalue weighted by Gasteiger charge is 2.32. The Balaban J connectivity index is 1.60. The summed E-state index contributed by atoms with van der Waals surface area (Å²) in [5.74, 6) is 1.28. The van der Waals surface area contributed by atoms with Crippen LogP contribution in [-0.2, 0) is 10.0 Å². The maximum Gasteiger partial charge on any atom is 0.254 e. The highest BCUT2D eigenvalue weighted by Crippen LogP contribution is 2.38. The third-order valence-electron chi connectivity index (χ3n) is 6.16. The third kappa shape index (κ3) is 4.34. The average Bonchev–Trinajstić information content (AvgIpc) is 3.16. The Morgan fingerprint density at radius 1 is 1.06 bits per heavy atom. The van der Waals surface area contributed by atoms with E-state index in [2.05, 4.69) is 0 Å². The van der Waals surface area contributed by atoms with Gasteiger partial charge in [0, 0.05) is 31.6 Å². The van der Waals surface area contributed by atoms with Gasteiger partial charge in [-0.2, -0.15) is 4.31 Å². The van der Waals surface area contributed by atoms with Crippen molar-refractivity contribution in [3.05, 3.63) is 53.6 Å². The number of amides is 1. The molecule has 1 amide bonds. The Labute approximate surface area is 190 Å². The van der Waals surface area contributed by atoms with Crippen molar-refractivity contribution >= 4 is 15.9 Å². The summed E-state index contributed by atoms with van der Waals surface area (Å²) in [5, 5.41) is 0. The first-order chi connectivity index (χ1) is 15.3. The molecule has 172 valence electrons. The number of benzene rings is 2. The van der Waals surface area contributed by atoms with Gasteiger partial charge in [0.1, 0.15) is 0 Å². The molecule has 1 saturated heterocycles. The standard InChI is InChI=1S/C24H30N2O5S/c1-17(2)25(3)32(28,29)20-8-4-7-19(15-20)24(27)26-12-5-9-21(26)18-10-11-22-23(16-18)31-14-6-13-30-22/h4,7-8,10-11,15-17,21H,5-6,9,12-14H2,1-3H3. The number of sulfonamides is 1. The molecule has 0 N–H and O–H groups in total. The van der Waals surface area contributed by atoms with Gasteiger partial charge in [-0.15, -0.1) is 0 Å². The lowest BCUT2D eigenvalue weighted by Crippen LogP contribution is -2.33. The van der Waals surface area contributed by atoms with Crippen LogP contribution in [0.1, 0.15) is 55.1 Å². The van der Waals surface area contributed by atoms with E-state index in [0.29, 0.717) is 31.1 Å². The number of hydrogen-bond acceptors (Lipinski definition) is 5. The molecule has 1 unspecified atom stereocenters. The van der Waals surface area contributed by atoms with Gasteiger partial charge < -0.3 is 14.4 Å². The van der Waals surface area contributed by atoms with Gasteiger partial charge in [-0.05, 0) is 62.6 Å². The van der Waals surface area contributed by atoms with Gasteiger partial charge in [0.25, 0.3) is 5.91 Å². The van der Waals surface area contributed by atoms with Crippen molar-refractivity contribution in [2.75, 3.05) is 26.8 Å². The molecule has 4 rings (SSSR count). The van der Waals surface area contributed by atoms with E-state index in [4.69, 9.17) is 9.47 Å². The van der Waals surface area contributed by atoms with Crippen LogP contribution in [0, 0.1) is 0 Å². The summed E-state index contributed by atoms with van der Waals surface area (Å²) in [6.45, 7) is 5.50. The minimum atomic E-state index is -3.67. The lowest BCUT2D eigenvalue weighted by atomic mass is 10.0. The van der Waals surface area contributed by atoms with Crippen molar-refractivity contribution in [3.63, 3.8) is 0 Å². The van der Waals surface area contributed by atoms with Crippen molar-refractivity contribution in [2.45, 2.75) is 50.1 Å². The lowest BCUT2D eigenvalue weighted by molar-refractivity contribution is 0.0735. The highest BCUT2D eigenvalue weighted by atomic mass is 32.2. The molecule has 0 aromatic heterocycles. The van der Waals surface area contributed by atoms with E-state index in [1.165, 1.54) is 16.4 Å². The predicted octanol–water partition coefficient (Wildman–Crippen LogP) is 3.85. The molecule has 2 heterocycles. The molecular weight excluding hydrogens is 428 g/mol. The van der Waals surface area contributed by atoms with Gasteiger partial charge >= 0.3 is 0 Å². The van der Waals surface area contributed by atoms with Crippen LogP contribution in [-0.4, -0.2) is 56.4 Å². The number of nitrogens with zero attached hydrogens (tertiary/aromatic N) is 2. The molecule has 0 radical (unpaired) electrons. The number of fused-ring (bicyclic) bond motifs is 1. The second-order valence-corrected chi connectivity index (χ2v) is 10.6. The minimum absolute atomic E-state index is 0.0850. The predicted molar refractivity (Wildman–Crippen MR) is 122 cm³/mol. The third-order valence-corrected chi connectivity index (χ3v) is 8.18. The number of likely N-dealkylation sites (tertiary alicyclic amines) is 1. The van der Waals surface area contributed by atoms with Gasteiger partial charge in [0.2, 0.25) is 10.0 Å². The van der Waals surface area contributed by atoms with E-state index in [1.54, 1.807) is 19.2 Å². The fraction of sp³-hybridized carbons (Fsp3) is 0.458. The Hall–Kier alpha value is -2.58. The molecule has 0 spiro atoms. The van der Waals surface area contributed by atoms with E-state index in [-0.39, 0.29) is 22.9 Å². The van der Waals surface area contributed by atoms with Crippen LogP contribution in [0.3, 0.4) is 0 Å². The first-order valence-corrected chi connectivity index (χ1v) is 12.5. The van der Waals surface area contributed by atoms with Crippen LogP contribution in [0.15, 0.2) is 47.4 Å². The number of hydrogen-bond donors (Lipinski definition) is 0. The Morgan fingerprint density at radius 2 is 1.81 bits per heavy atom. The topological polar surface area (TPSA) is 76.2 Å². The van der Waals surface area contributed by atoms with Crippen molar-refractivity contribution in [2.24, 2.45) is 0 Å². The van der Waals surface area contributed by atoms with Crippen LogP contribution in [0.2, 0.25) is 0 Å². The van der Waals surface area contributed by atoms with E-state index >= 15 is 0 Å². The first kappa shape index (κ1) is 22.6. The summed E-state index contributed by atoms with van der Waals surface area (Å²) in [6.07, 6.45) is 2.57. The molecule has 2 aromatic carbocycles. The molecule has 2 aliphatic rings. The second kappa shape index (κ2) is 9.11. The Bertz CT molecular complexity index is 1100. The van der Waals surface area contributed by atoms with Gasteiger partial charge in [0.05, 0.1) is 24.2 Å². The summed E-state index contributed by atoms with van der Waals surface area (Å²) < 4.78 is 38.7. The van der Waals surface area contributed by atoms with Crippen molar-refractivity contribution in [1.82, 2.24) is 9.21 Å². The van der Waals surface area contributed by atoms with Gasteiger partial charge in [-0.25, -0.2) is 8.42 Å². The van der Waals surface area contributed by atoms with Crippen LogP contribution < -0.4 is 9.47 Å². The summed E-state index contributed by atoms with van der Waals surface area (Å²) in [6, 6.07) is 11.9. The quantitative estimate of drug-likeness (QED) is 0.680. The van der Waals surface area contributed by atoms with Crippen LogP contribution in [0.4, 0.5) is 0 Å². The van der Waals surface area contributed by atoms with E-state index in [1.807, 2.05) is 36.9 Å². The summed E-state index contributed by atoms with van der Waals surface area (Å²) >= 11 is 0. The van der Waals surface area contributed by atoms with Crippen molar-refractivity contribution in [3.8, 4) is 11.5 Å². The monoisotopic (exact) mass is 458 g/mol. The van der Waals surface area contributed by atoms with E-state index in [0.717, 1.165) is 30.6 Å². The van der Waals surface area contributed by atoms with Crippen molar-refractivity contribution in [1.29, 1.82) is 0 Å². The number of carbonyl (C=O) groups excluding carboxylic acids is 1. The smallest absolute Gasteiger partial charge is 0.254 e. The Morgan fingerprint density at radius 3 is 2.56 bits per heavy atom. The SMILES string of the molecule is CC(C)N(C)S(=O)(=O)c1cccc(C(=O)N2CCCC2c2ccc3c(c2)OCCCO3)c1. The van der Waals surface area contributed by atoms with Gasteiger partial charge in [-0.3, -0.25) is 4.79 Å². The molecule has 1 fully saturated rings. The molecule has 8 heteroatoms. The molecule has 0 bridgehead atoms. The molecule has 1 atom stereocenters. The maximum absolute atomic E-state index is 13.4. The normalized spacial score (nSPS) is 18.8. The van der Waals surface area contributed by atoms with Gasteiger partial charge in [0.15, 0.2) is 11.5 Å². The maximum atomic E-state index is 13.4. The molecule has 0 aliphatic carbocycles. The molecule has 2 aromatic rings. The van der Waals surface area contributed by atoms with E-state index in [9.17, 15) is 13.2 Å². The zero-order valence-corrected chi connectivity index (χ0v) is 19.6. The highest BCUT2D eigenvalue weighted by molar-refractivity contribution is 7.89. The first-order valence-electron chi connectivity index (χ1n) is 11.1. The summed E-state index contributed by atoms with van der Waals surface area (Å²) in [7, 11) is -2.11. The van der Waals surface area contributed by atoms with Gasteiger partial charge in [-0.1, -0.05) is 12.1 Å². The number of carbonyl (C=O) groups is 1. The Kier molecular flexibility index (Phi) is 6.44. The number of rotatable bonds is 5. The molecule has 7 nitrogen and oxygen atoms in total. The largest absolute Gasteiger partial charge is 0.490 e. The molecule has 2 aliphatic heterocycles. The van der Waals surface area contributed by atoms with Crippen LogP contribution in [0.5, 0.6) is 11.5 Å². The van der Waals surface area contributed by atoms with E-state index < -0.39 is 10.0 Å². The summed E-state index contributed by atoms with van der Waals surface area (Å²) in [5.41, 5.74) is 1.38. The fourth-order valence-electron chi connectivity index (χ4n) is 4.14. The van der Waals surface area contributed by atoms with Crippen LogP contribution in [0.25, 0.3) is 0 Å². The zero-order valence-electron chi connectivity index (χ0n) is 18.8. The molecule has 32 heavy (non-hydrogen) atoms. The summed E-state index contributed by atoms with van der Waals surface area (Å²) in [4.78, 5) is 15.4. The van der Waals surface area contributed by atoms with Crippen LogP contribution >= 0.6 is 0 Å². The van der Waals surface area contributed by atoms with Crippen molar-refractivity contribution < 1.29 is 22.7 Å². The zero-order chi connectivity index (χ0) is 22.9. The second-order valence-electron chi connectivity index (χ2n) is 8.56. The molecule has 0 saturated carbocycles. The average molecular weight is 459 g/mol. The fourth-order valence-corrected chi connectivity index (χ4v) is 5.56. The molecular formula is C24H30N2O5S. The lowest BCUT2D eigenvalue weighted by Gasteiger charge is -2.26. The number of ether oxygens (including phenoxy) is 2.